The Kier molecular flexibility index (Phi) is 3.48. The molecule has 0 fully saturated rings. The lowest BCUT2D eigenvalue weighted by Gasteiger charge is -2.03. The van der Waals surface area contributed by atoms with Crippen LogP contribution in [0.15, 0.2) is 10.6 Å². The van der Waals surface area contributed by atoms with Crippen LogP contribution in [-0.2, 0) is 0 Å². The van der Waals surface area contributed by atoms with E-state index in [1.165, 1.54) is 0 Å². The second kappa shape index (κ2) is 4.42. The molecule has 13 heavy (non-hydrogen) atoms. The summed E-state index contributed by atoms with van der Waals surface area (Å²) in [5, 5.41) is 3.96. The van der Waals surface area contributed by atoms with Gasteiger partial charge in [0.25, 0.3) is 0 Å². The standard InChI is InChI=1S/C10H18N2O/c1-4-5-8(11)10-6-9(7(2)3)12-13-10/h6-8H,4-5,11H2,1-3H3. The fourth-order valence-corrected chi connectivity index (χ4v) is 1.20. The van der Waals surface area contributed by atoms with Gasteiger partial charge < -0.3 is 10.3 Å². The van der Waals surface area contributed by atoms with Crippen molar-refractivity contribution < 1.29 is 4.52 Å². The summed E-state index contributed by atoms with van der Waals surface area (Å²) in [6, 6.07) is 1.97. The van der Waals surface area contributed by atoms with Crippen molar-refractivity contribution >= 4 is 0 Å². The lowest BCUT2D eigenvalue weighted by molar-refractivity contribution is 0.348. The molecule has 1 atom stereocenters. The largest absolute Gasteiger partial charge is 0.359 e. The number of hydrogen-bond donors (Lipinski definition) is 1. The van der Waals surface area contributed by atoms with Crippen LogP contribution in [0.5, 0.6) is 0 Å². The number of nitrogens with two attached hydrogens (primary N) is 1. The molecule has 0 saturated carbocycles. The van der Waals surface area contributed by atoms with E-state index in [9.17, 15) is 0 Å². The maximum absolute atomic E-state index is 5.89. The van der Waals surface area contributed by atoms with Crippen molar-refractivity contribution in [3.63, 3.8) is 0 Å². The molecule has 0 aliphatic heterocycles. The van der Waals surface area contributed by atoms with Gasteiger partial charge in [0.1, 0.15) is 0 Å². The number of nitrogens with zero attached hydrogens (tertiary/aromatic N) is 1. The highest BCUT2D eigenvalue weighted by atomic mass is 16.5. The van der Waals surface area contributed by atoms with Crippen molar-refractivity contribution in [1.29, 1.82) is 0 Å². The molecule has 1 unspecified atom stereocenters. The van der Waals surface area contributed by atoms with Gasteiger partial charge in [0.05, 0.1) is 11.7 Å². The summed E-state index contributed by atoms with van der Waals surface area (Å²) in [7, 11) is 0. The molecular weight excluding hydrogens is 164 g/mol. The maximum atomic E-state index is 5.89. The van der Waals surface area contributed by atoms with Crippen molar-refractivity contribution in [2.75, 3.05) is 0 Å². The topological polar surface area (TPSA) is 52.0 Å². The molecule has 1 rings (SSSR count). The number of aromatic nitrogens is 1. The Hall–Kier alpha value is -0.830. The maximum Gasteiger partial charge on any atom is 0.153 e. The van der Waals surface area contributed by atoms with Crippen molar-refractivity contribution in [2.45, 2.75) is 45.6 Å². The molecule has 3 heteroatoms. The third kappa shape index (κ3) is 2.56. The van der Waals surface area contributed by atoms with Gasteiger partial charge in [0, 0.05) is 6.07 Å². The molecule has 2 N–H and O–H groups in total. The lowest BCUT2D eigenvalue weighted by atomic mass is 10.1. The van der Waals surface area contributed by atoms with Crippen LogP contribution in [0, 0.1) is 0 Å². The highest BCUT2D eigenvalue weighted by molar-refractivity contribution is 5.11. The van der Waals surface area contributed by atoms with Crippen molar-refractivity contribution in [3.05, 3.63) is 17.5 Å². The summed E-state index contributed by atoms with van der Waals surface area (Å²) in [6.07, 6.45) is 2.02. The minimum atomic E-state index is 0.00463. The zero-order valence-electron chi connectivity index (χ0n) is 8.58. The molecule has 0 aliphatic carbocycles. The third-order valence-corrected chi connectivity index (χ3v) is 2.10. The fourth-order valence-electron chi connectivity index (χ4n) is 1.20. The molecule has 0 saturated heterocycles. The second-order valence-electron chi connectivity index (χ2n) is 3.70. The third-order valence-electron chi connectivity index (χ3n) is 2.10. The summed E-state index contributed by atoms with van der Waals surface area (Å²) >= 11 is 0. The Bertz CT molecular complexity index is 255. The summed E-state index contributed by atoms with van der Waals surface area (Å²) in [4.78, 5) is 0. The highest BCUT2D eigenvalue weighted by Gasteiger charge is 2.12. The van der Waals surface area contributed by atoms with Crippen LogP contribution in [0.2, 0.25) is 0 Å². The van der Waals surface area contributed by atoms with E-state index in [2.05, 4.69) is 25.9 Å². The molecule has 1 aromatic heterocycles. The molecule has 1 heterocycles. The van der Waals surface area contributed by atoms with Crippen LogP contribution in [0.4, 0.5) is 0 Å². The van der Waals surface area contributed by atoms with Gasteiger partial charge in [-0.2, -0.15) is 0 Å². The zero-order valence-corrected chi connectivity index (χ0v) is 8.58. The molecule has 0 amide bonds. The Morgan fingerprint density at radius 1 is 1.54 bits per heavy atom. The van der Waals surface area contributed by atoms with E-state index < -0.39 is 0 Å². The zero-order chi connectivity index (χ0) is 9.84. The summed E-state index contributed by atoms with van der Waals surface area (Å²) in [5.41, 5.74) is 6.87. The van der Waals surface area contributed by atoms with Crippen LogP contribution in [0.3, 0.4) is 0 Å². The van der Waals surface area contributed by atoms with Crippen LogP contribution >= 0.6 is 0 Å². The molecule has 1 aromatic rings. The van der Waals surface area contributed by atoms with Gasteiger partial charge in [-0.05, 0) is 12.3 Å². The van der Waals surface area contributed by atoms with E-state index in [1.54, 1.807) is 0 Å². The van der Waals surface area contributed by atoms with Crippen LogP contribution in [0.25, 0.3) is 0 Å². The summed E-state index contributed by atoms with van der Waals surface area (Å²) in [5.74, 6) is 1.22. The molecule has 0 radical (unpaired) electrons. The normalized spacial score (nSPS) is 13.6. The van der Waals surface area contributed by atoms with E-state index in [-0.39, 0.29) is 6.04 Å². The first-order valence-electron chi connectivity index (χ1n) is 4.87. The van der Waals surface area contributed by atoms with Gasteiger partial charge in [-0.1, -0.05) is 32.3 Å². The summed E-state index contributed by atoms with van der Waals surface area (Å²) in [6.45, 7) is 6.29. The van der Waals surface area contributed by atoms with Crippen LogP contribution in [0.1, 0.15) is 57.0 Å². The molecule has 0 aliphatic rings. The lowest BCUT2D eigenvalue weighted by Crippen LogP contribution is -2.08. The van der Waals surface area contributed by atoms with Crippen molar-refractivity contribution in [1.82, 2.24) is 5.16 Å². The van der Waals surface area contributed by atoms with E-state index in [0.717, 1.165) is 24.3 Å². The predicted octanol–water partition coefficient (Wildman–Crippen LogP) is 2.60. The minimum absolute atomic E-state index is 0.00463. The smallest absolute Gasteiger partial charge is 0.153 e. The molecule has 3 nitrogen and oxygen atoms in total. The van der Waals surface area contributed by atoms with E-state index >= 15 is 0 Å². The fraction of sp³-hybridized carbons (Fsp3) is 0.700. The second-order valence-corrected chi connectivity index (χ2v) is 3.70. The van der Waals surface area contributed by atoms with Crippen molar-refractivity contribution in [2.24, 2.45) is 5.73 Å². The Balaban J connectivity index is 2.67. The molecule has 0 spiro atoms. The average molecular weight is 182 g/mol. The van der Waals surface area contributed by atoms with Gasteiger partial charge in [-0.3, -0.25) is 0 Å². The van der Waals surface area contributed by atoms with E-state index in [1.807, 2.05) is 6.07 Å². The van der Waals surface area contributed by atoms with Gasteiger partial charge >= 0.3 is 0 Å². The van der Waals surface area contributed by atoms with E-state index in [4.69, 9.17) is 10.3 Å². The average Bonchev–Trinajstić information content (AvgIpc) is 2.52. The first kappa shape index (κ1) is 10.3. The predicted molar refractivity (Wildman–Crippen MR) is 52.4 cm³/mol. The number of rotatable bonds is 4. The molecule has 0 bridgehead atoms. The Morgan fingerprint density at radius 2 is 2.23 bits per heavy atom. The Morgan fingerprint density at radius 3 is 2.69 bits per heavy atom. The first-order chi connectivity index (χ1) is 6.15. The SMILES string of the molecule is CCCC(N)c1cc(C(C)C)no1. The first-order valence-corrected chi connectivity index (χ1v) is 4.87. The quantitative estimate of drug-likeness (QED) is 0.778. The van der Waals surface area contributed by atoms with Crippen LogP contribution in [-0.4, -0.2) is 5.16 Å². The monoisotopic (exact) mass is 182 g/mol. The number of hydrogen-bond acceptors (Lipinski definition) is 3. The van der Waals surface area contributed by atoms with Crippen LogP contribution < -0.4 is 5.73 Å². The van der Waals surface area contributed by atoms with Crippen molar-refractivity contribution in [3.8, 4) is 0 Å². The molecule has 0 aromatic carbocycles. The van der Waals surface area contributed by atoms with E-state index in [0.29, 0.717) is 5.92 Å². The van der Waals surface area contributed by atoms with Gasteiger partial charge in [0.15, 0.2) is 5.76 Å². The molecule has 74 valence electrons. The summed E-state index contributed by atoms with van der Waals surface area (Å²) < 4.78 is 5.17. The molecular formula is C10H18N2O. The van der Waals surface area contributed by atoms with Gasteiger partial charge in [0.2, 0.25) is 0 Å². The highest BCUT2D eigenvalue weighted by Crippen LogP contribution is 2.20. The minimum Gasteiger partial charge on any atom is -0.359 e. The van der Waals surface area contributed by atoms with Gasteiger partial charge in [-0.25, -0.2) is 0 Å². The van der Waals surface area contributed by atoms with Gasteiger partial charge in [-0.15, -0.1) is 0 Å². The Labute approximate surface area is 79.3 Å².